The highest BCUT2D eigenvalue weighted by atomic mass is 14.0. The number of hydrogen-bond acceptors (Lipinski definition) is 0. The minimum absolute atomic E-state index is 0.969. The predicted molar refractivity (Wildman–Crippen MR) is 52.6 cm³/mol. The maximum Gasteiger partial charge on any atom is -0.0166 e. The van der Waals surface area contributed by atoms with Gasteiger partial charge in [0.1, 0.15) is 0 Å². The molecule has 0 aromatic rings. The summed E-state index contributed by atoms with van der Waals surface area (Å²) in [6.07, 6.45) is 5.09. The van der Waals surface area contributed by atoms with Crippen molar-refractivity contribution in [2.45, 2.75) is 34.1 Å². The molecule has 0 aliphatic rings. The van der Waals surface area contributed by atoms with Gasteiger partial charge in [-0.15, -0.1) is 6.58 Å². The van der Waals surface area contributed by atoms with Crippen LogP contribution in [-0.2, 0) is 0 Å². The molecular formula is C11H18. The third-order valence-electron chi connectivity index (χ3n) is 1.93. The van der Waals surface area contributed by atoms with Gasteiger partial charge in [0.15, 0.2) is 0 Å². The van der Waals surface area contributed by atoms with Gasteiger partial charge in [-0.05, 0) is 39.7 Å². The summed E-state index contributed by atoms with van der Waals surface area (Å²) in [4.78, 5) is 0. The van der Waals surface area contributed by atoms with Gasteiger partial charge >= 0.3 is 0 Å². The van der Waals surface area contributed by atoms with Gasteiger partial charge in [0, 0.05) is 0 Å². The zero-order valence-electron chi connectivity index (χ0n) is 8.07. The van der Waals surface area contributed by atoms with Crippen molar-refractivity contribution in [2.24, 2.45) is 0 Å². The van der Waals surface area contributed by atoms with E-state index >= 15 is 0 Å². The lowest BCUT2D eigenvalue weighted by atomic mass is 10.0. The lowest BCUT2D eigenvalue weighted by Gasteiger charge is -2.02. The summed E-state index contributed by atoms with van der Waals surface area (Å²) in [5, 5.41) is 0. The molecule has 0 nitrogen and oxygen atoms in total. The molecule has 0 saturated carbocycles. The Balaban J connectivity index is 4.35. The van der Waals surface area contributed by atoms with Crippen LogP contribution in [0.5, 0.6) is 0 Å². The Bertz CT molecular complexity index is 188. The van der Waals surface area contributed by atoms with E-state index in [0.29, 0.717) is 0 Å². The van der Waals surface area contributed by atoms with Crippen molar-refractivity contribution in [2.75, 3.05) is 0 Å². The molecule has 0 atom stereocenters. The van der Waals surface area contributed by atoms with E-state index in [2.05, 4.69) is 40.3 Å². The topological polar surface area (TPSA) is 0 Å². The van der Waals surface area contributed by atoms with Crippen molar-refractivity contribution in [3.63, 3.8) is 0 Å². The van der Waals surface area contributed by atoms with Crippen LogP contribution in [0.25, 0.3) is 0 Å². The van der Waals surface area contributed by atoms with Gasteiger partial charge in [0.05, 0.1) is 0 Å². The summed E-state index contributed by atoms with van der Waals surface area (Å²) in [7, 11) is 0. The molecule has 0 heteroatoms. The van der Waals surface area contributed by atoms with Gasteiger partial charge in [-0.25, -0.2) is 0 Å². The molecule has 0 aromatic carbocycles. The minimum Gasteiger partial charge on any atom is -0.103 e. The Morgan fingerprint density at radius 2 is 1.73 bits per heavy atom. The normalized spacial score (nSPS) is 11.1. The van der Waals surface area contributed by atoms with Crippen LogP contribution in [0.3, 0.4) is 0 Å². The molecule has 62 valence electrons. The molecular weight excluding hydrogens is 132 g/mol. The van der Waals surface area contributed by atoms with Gasteiger partial charge in [0.25, 0.3) is 0 Å². The summed E-state index contributed by atoms with van der Waals surface area (Å²) in [5.74, 6) is 0. The van der Waals surface area contributed by atoms with Crippen molar-refractivity contribution in [1.82, 2.24) is 0 Å². The van der Waals surface area contributed by atoms with Crippen molar-refractivity contribution in [3.05, 3.63) is 35.5 Å². The Kier molecular flexibility index (Phi) is 4.60. The van der Waals surface area contributed by atoms with Gasteiger partial charge in [-0.1, -0.05) is 23.3 Å². The molecule has 0 N–H and O–H groups in total. The Morgan fingerprint density at radius 1 is 1.18 bits per heavy atom. The van der Waals surface area contributed by atoms with E-state index in [4.69, 9.17) is 0 Å². The van der Waals surface area contributed by atoms with E-state index in [9.17, 15) is 0 Å². The van der Waals surface area contributed by atoms with E-state index in [1.165, 1.54) is 16.7 Å². The van der Waals surface area contributed by atoms with Crippen LogP contribution in [0.1, 0.15) is 34.1 Å². The summed E-state index contributed by atoms with van der Waals surface area (Å²) < 4.78 is 0. The van der Waals surface area contributed by atoms with E-state index in [-0.39, 0.29) is 0 Å². The van der Waals surface area contributed by atoms with Crippen LogP contribution in [-0.4, -0.2) is 0 Å². The fourth-order valence-electron chi connectivity index (χ4n) is 0.808. The maximum atomic E-state index is 3.68. The molecule has 0 fully saturated rings. The zero-order valence-corrected chi connectivity index (χ0v) is 8.07. The van der Waals surface area contributed by atoms with Crippen LogP contribution in [0.15, 0.2) is 35.5 Å². The van der Waals surface area contributed by atoms with Gasteiger partial charge in [-0.3, -0.25) is 0 Å². The number of allylic oxidation sites excluding steroid dienone is 5. The second kappa shape index (κ2) is 4.95. The monoisotopic (exact) mass is 150 g/mol. The van der Waals surface area contributed by atoms with Gasteiger partial charge in [0.2, 0.25) is 0 Å². The first kappa shape index (κ1) is 10.2. The van der Waals surface area contributed by atoms with Crippen molar-refractivity contribution >= 4 is 0 Å². The lowest BCUT2D eigenvalue weighted by Crippen LogP contribution is -1.82. The zero-order chi connectivity index (χ0) is 8.85. The fourth-order valence-corrected chi connectivity index (χ4v) is 0.808. The highest BCUT2D eigenvalue weighted by molar-refractivity contribution is 5.30. The van der Waals surface area contributed by atoms with Crippen molar-refractivity contribution in [1.29, 1.82) is 0 Å². The summed E-state index contributed by atoms with van der Waals surface area (Å²) >= 11 is 0. The molecule has 0 saturated heterocycles. The quantitative estimate of drug-likeness (QED) is 0.423. The molecule has 0 aliphatic carbocycles. The molecule has 0 spiro atoms. The molecule has 0 radical (unpaired) electrons. The molecule has 0 rings (SSSR count). The van der Waals surface area contributed by atoms with E-state index in [0.717, 1.165) is 6.42 Å². The third-order valence-corrected chi connectivity index (χ3v) is 1.93. The van der Waals surface area contributed by atoms with E-state index in [1.54, 1.807) is 0 Å². The Labute approximate surface area is 70.3 Å². The molecule has 11 heavy (non-hydrogen) atoms. The average Bonchev–Trinajstić information content (AvgIpc) is 1.98. The second-order valence-electron chi connectivity index (χ2n) is 3.04. The first-order chi connectivity index (χ1) is 5.09. The van der Waals surface area contributed by atoms with Crippen LogP contribution < -0.4 is 0 Å². The SMILES string of the molecule is C=CCC=C(C)C(C)=C(C)C. The Hall–Kier alpha value is -0.780. The van der Waals surface area contributed by atoms with Crippen LogP contribution in [0.4, 0.5) is 0 Å². The third kappa shape index (κ3) is 3.82. The molecule has 0 aromatic heterocycles. The van der Waals surface area contributed by atoms with E-state index in [1.807, 2.05) is 6.08 Å². The summed E-state index contributed by atoms with van der Waals surface area (Å²) in [6, 6.07) is 0. The highest BCUT2D eigenvalue weighted by Gasteiger charge is 1.92. The van der Waals surface area contributed by atoms with Crippen molar-refractivity contribution in [3.8, 4) is 0 Å². The largest absolute Gasteiger partial charge is 0.103 e. The van der Waals surface area contributed by atoms with Crippen LogP contribution in [0.2, 0.25) is 0 Å². The van der Waals surface area contributed by atoms with E-state index < -0.39 is 0 Å². The van der Waals surface area contributed by atoms with Crippen molar-refractivity contribution < 1.29 is 0 Å². The second-order valence-corrected chi connectivity index (χ2v) is 3.04. The van der Waals surface area contributed by atoms with Crippen LogP contribution >= 0.6 is 0 Å². The molecule has 0 amide bonds. The van der Waals surface area contributed by atoms with Crippen LogP contribution in [0, 0.1) is 0 Å². The van der Waals surface area contributed by atoms with Gasteiger partial charge in [-0.2, -0.15) is 0 Å². The lowest BCUT2D eigenvalue weighted by molar-refractivity contribution is 1.20. The minimum atomic E-state index is 0.969. The smallest absolute Gasteiger partial charge is 0.0166 e. The molecule has 0 aliphatic heterocycles. The predicted octanol–water partition coefficient (Wildman–Crippen LogP) is 3.87. The first-order valence-corrected chi connectivity index (χ1v) is 4.01. The highest BCUT2D eigenvalue weighted by Crippen LogP contribution is 2.13. The Morgan fingerprint density at radius 3 is 2.09 bits per heavy atom. The molecule has 0 heterocycles. The average molecular weight is 150 g/mol. The molecule has 0 unspecified atom stereocenters. The summed E-state index contributed by atoms with van der Waals surface area (Å²) in [5.41, 5.74) is 4.15. The number of hydrogen-bond donors (Lipinski definition) is 0. The summed E-state index contributed by atoms with van der Waals surface area (Å²) in [6.45, 7) is 12.3. The van der Waals surface area contributed by atoms with Gasteiger partial charge < -0.3 is 0 Å². The fraction of sp³-hybridized carbons (Fsp3) is 0.455. The maximum absolute atomic E-state index is 3.68. The number of rotatable bonds is 3. The first-order valence-electron chi connectivity index (χ1n) is 4.01. The molecule has 0 bridgehead atoms. The standard InChI is InChI=1S/C11H18/c1-6-7-8-10(4)11(5)9(2)3/h6,8H,1,7H2,2-5H3.